The van der Waals surface area contributed by atoms with E-state index in [1.54, 1.807) is 7.11 Å². The molecular weight excluding hydrogens is 268 g/mol. The van der Waals surface area contributed by atoms with Crippen molar-refractivity contribution in [3.8, 4) is 0 Å². The molecule has 1 saturated heterocycles. The molecule has 0 spiro atoms. The van der Waals surface area contributed by atoms with Crippen LogP contribution in [0.25, 0.3) is 0 Å². The maximum atomic E-state index is 12.3. The molecule has 0 aromatic carbocycles. The van der Waals surface area contributed by atoms with Crippen molar-refractivity contribution >= 4 is 6.09 Å². The predicted octanol–water partition coefficient (Wildman–Crippen LogP) is 2.79. The van der Waals surface area contributed by atoms with Gasteiger partial charge in [0.15, 0.2) is 0 Å². The highest BCUT2D eigenvalue weighted by Crippen LogP contribution is 2.21. The number of nitrogens with one attached hydrogen (secondary N) is 1. The Morgan fingerprint density at radius 3 is 2.48 bits per heavy atom. The van der Waals surface area contributed by atoms with E-state index in [9.17, 15) is 4.79 Å². The zero-order chi connectivity index (χ0) is 16.2. The van der Waals surface area contributed by atoms with Crippen LogP contribution in [0, 0.1) is 0 Å². The Hall–Kier alpha value is -0.810. The molecule has 5 heteroatoms. The molecule has 0 saturated carbocycles. The average molecular weight is 300 g/mol. The third kappa shape index (κ3) is 5.47. The number of carbonyl (C=O) groups is 1. The van der Waals surface area contributed by atoms with Crippen LogP contribution in [-0.2, 0) is 9.47 Å². The van der Waals surface area contributed by atoms with E-state index in [-0.39, 0.29) is 30.3 Å². The molecule has 0 bridgehead atoms. The van der Waals surface area contributed by atoms with E-state index in [0.717, 1.165) is 19.4 Å². The maximum Gasteiger partial charge on any atom is 0.410 e. The number of ether oxygens (including phenoxy) is 2. The van der Waals surface area contributed by atoms with Crippen LogP contribution < -0.4 is 5.32 Å². The van der Waals surface area contributed by atoms with Crippen LogP contribution in [0.1, 0.15) is 54.4 Å². The Balaban J connectivity index is 2.64. The van der Waals surface area contributed by atoms with Gasteiger partial charge in [0, 0.05) is 31.8 Å². The van der Waals surface area contributed by atoms with Gasteiger partial charge in [0.25, 0.3) is 0 Å². The fraction of sp³-hybridized carbons (Fsp3) is 0.938. The number of amides is 1. The lowest BCUT2D eigenvalue weighted by molar-refractivity contribution is 0.00402. The van der Waals surface area contributed by atoms with Gasteiger partial charge >= 0.3 is 6.09 Å². The monoisotopic (exact) mass is 300 g/mol. The zero-order valence-corrected chi connectivity index (χ0v) is 14.6. The molecule has 1 rings (SSSR count). The molecule has 21 heavy (non-hydrogen) atoms. The first-order valence-corrected chi connectivity index (χ1v) is 7.94. The van der Waals surface area contributed by atoms with E-state index < -0.39 is 5.60 Å². The molecule has 1 aliphatic heterocycles. The number of carbonyl (C=O) groups excluding carboxylic acids is 1. The lowest BCUT2D eigenvalue weighted by Crippen LogP contribution is -2.58. The van der Waals surface area contributed by atoms with Crippen molar-refractivity contribution in [3.63, 3.8) is 0 Å². The van der Waals surface area contributed by atoms with Crippen LogP contribution in [0.5, 0.6) is 0 Å². The van der Waals surface area contributed by atoms with Crippen LogP contribution in [0.2, 0.25) is 0 Å². The lowest BCUT2D eigenvalue weighted by atomic mass is 9.96. The first-order chi connectivity index (χ1) is 9.65. The van der Waals surface area contributed by atoms with Crippen LogP contribution in [-0.4, -0.2) is 54.5 Å². The number of nitrogens with zero attached hydrogens (tertiary/aromatic N) is 1. The summed E-state index contributed by atoms with van der Waals surface area (Å²) >= 11 is 0. The van der Waals surface area contributed by atoms with Crippen molar-refractivity contribution < 1.29 is 14.3 Å². The van der Waals surface area contributed by atoms with Gasteiger partial charge in [0.2, 0.25) is 0 Å². The molecule has 4 unspecified atom stereocenters. The Morgan fingerprint density at radius 1 is 1.33 bits per heavy atom. The summed E-state index contributed by atoms with van der Waals surface area (Å²) in [5.74, 6) is 0. The van der Waals surface area contributed by atoms with Gasteiger partial charge in [-0.3, -0.25) is 0 Å². The molecule has 1 N–H and O–H groups in total. The third-order valence-corrected chi connectivity index (χ3v) is 4.17. The minimum Gasteiger partial charge on any atom is -0.444 e. The number of piperidine rings is 1. The number of hydrogen-bond acceptors (Lipinski definition) is 4. The van der Waals surface area contributed by atoms with E-state index in [4.69, 9.17) is 9.47 Å². The third-order valence-electron chi connectivity index (χ3n) is 4.17. The van der Waals surface area contributed by atoms with Crippen molar-refractivity contribution in [3.05, 3.63) is 0 Å². The maximum absolute atomic E-state index is 12.3. The average Bonchev–Trinajstić information content (AvgIpc) is 2.37. The summed E-state index contributed by atoms with van der Waals surface area (Å²) < 4.78 is 10.9. The van der Waals surface area contributed by atoms with Crippen molar-refractivity contribution in [1.82, 2.24) is 10.2 Å². The number of methoxy groups -OCH3 is 1. The topological polar surface area (TPSA) is 50.8 Å². The Morgan fingerprint density at radius 2 is 1.95 bits per heavy atom. The SMILES string of the molecule is COC(C)C(C)NC1CCCN(C(=O)OC(C)(C)C)C1C. The minimum absolute atomic E-state index is 0.125. The molecule has 0 aromatic rings. The first-order valence-electron chi connectivity index (χ1n) is 7.94. The van der Waals surface area contributed by atoms with Crippen LogP contribution >= 0.6 is 0 Å². The Bertz CT molecular complexity index is 341. The van der Waals surface area contributed by atoms with E-state index in [1.807, 2.05) is 25.7 Å². The van der Waals surface area contributed by atoms with Gasteiger partial charge in [0.1, 0.15) is 5.60 Å². The molecule has 5 nitrogen and oxygen atoms in total. The number of hydrogen-bond donors (Lipinski definition) is 1. The van der Waals surface area contributed by atoms with Crippen molar-refractivity contribution in [2.24, 2.45) is 0 Å². The summed E-state index contributed by atoms with van der Waals surface area (Å²) in [6, 6.07) is 0.653. The quantitative estimate of drug-likeness (QED) is 0.867. The highest BCUT2D eigenvalue weighted by molar-refractivity contribution is 5.68. The van der Waals surface area contributed by atoms with Gasteiger partial charge in [-0.2, -0.15) is 0 Å². The Labute approximate surface area is 129 Å². The highest BCUT2D eigenvalue weighted by atomic mass is 16.6. The number of likely N-dealkylation sites (tertiary alicyclic amines) is 1. The summed E-state index contributed by atoms with van der Waals surface area (Å²) in [7, 11) is 1.72. The smallest absolute Gasteiger partial charge is 0.410 e. The van der Waals surface area contributed by atoms with Crippen LogP contribution in [0.15, 0.2) is 0 Å². The minimum atomic E-state index is -0.449. The molecule has 1 aliphatic rings. The molecule has 124 valence electrons. The molecule has 0 aromatic heterocycles. The molecular formula is C16H32N2O3. The fourth-order valence-electron chi connectivity index (χ4n) is 2.62. The van der Waals surface area contributed by atoms with E-state index in [0.29, 0.717) is 0 Å². The summed E-state index contributed by atoms with van der Waals surface area (Å²) in [6.07, 6.45) is 2.00. The zero-order valence-electron chi connectivity index (χ0n) is 14.6. The standard InChI is InChI=1S/C16H32N2O3/c1-11(13(3)20-7)17-14-9-8-10-18(12(14)2)15(19)21-16(4,5)6/h11-14,17H,8-10H2,1-7H3. The van der Waals surface area contributed by atoms with Gasteiger partial charge in [0.05, 0.1) is 6.10 Å². The van der Waals surface area contributed by atoms with Crippen molar-refractivity contribution in [2.75, 3.05) is 13.7 Å². The number of rotatable bonds is 4. The second-order valence-electron chi connectivity index (χ2n) is 7.06. The normalized spacial score (nSPS) is 26.3. The summed E-state index contributed by atoms with van der Waals surface area (Å²) in [6.45, 7) is 12.7. The molecule has 0 aliphatic carbocycles. The molecule has 1 fully saturated rings. The van der Waals surface area contributed by atoms with Crippen molar-refractivity contribution in [2.45, 2.75) is 84.2 Å². The van der Waals surface area contributed by atoms with Crippen LogP contribution in [0.3, 0.4) is 0 Å². The van der Waals surface area contributed by atoms with Gasteiger partial charge in [-0.05, 0) is 54.4 Å². The van der Waals surface area contributed by atoms with Gasteiger partial charge in [-0.15, -0.1) is 0 Å². The summed E-state index contributed by atoms with van der Waals surface area (Å²) in [5.41, 5.74) is -0.449. The van der Waals surface area contributed by atoms with E-state index >= 15 is 0 Å². The van der Waals surface area contributed by atoms with E-state index in [1.165, 1.54) is 0 Å². The van der Waals surface area contributed by atoms with Gasteiger partial charge < -0.3 is 19.7 Å². The molecule has 4 atom stereocenters. The lowest BCUT2D eigenvalue weighted by Gasteiger charge is -2.41. The van der Waals surface area contributed by atoms with Crippen LogP contribution in [0.4, 0.5) is 4.79 Å². The predicted molar refractivity (Wildman–Crippen MR) is 84.5 cm³/mol. The van der Waals surface area contributed by atoms with Gasteiger partial charge in [-0.25, -0.2) is 4.79 Å². The molecule has 1 heterocycles. The molecule has 1 amide bonds. The second-order valence-corrected chi connectivity index (χ2v) is 7.06. The second kappa shape index (κ2) is 7.45. The fourth-order valence-corrected chi connectivity index (χ4v) is 2.62. The van der Waals surface area contributed by atoms with E-state index in [2.05, 4.69) is 26.1 Å². The highest BCUT2D eigenvalue weighted by Gasteiger charge is 2.34. The molecule has 0 radical (unpaired) electrons. The van der Waals surface area contributed by atoms with Gasteiger partial charge in [-0.1, -0.05) is 0 Å². The summed E-state index contributed by atoms with van der Waals surface area (Å²) in [5, 5.41) is 3.59. The largest absolute Gasteiger partial charge is 0.444 e. The summed E-state index contributed by atoms with van der Waals surface area (Å²) in [4.78, 5) is 14.1. The van der Waals surface area contributed by atoms with Crippen molar-refractivity contribution in [1.29, 1.82) is 0 Å². The first kappa shape index (κ1) is 18.2. The Kier molecular flexibility index (Phi) is 6.47.